The average molecular weight is 287 g/mol. The van der Waals surface area contributed by atoms with Crippen molar-refractivity contribution >= 4 is 5.82 Å². The number of nitrogens with one attached hydrogen (secondary N) is 1. The Labute approximate surface area is 124 Å². The smallest absolute Gasteiger partial charge is 0.158 e. The Balaban J connectivity index is 1.42. The molecular formula is C15H21N5O. The molecule has 1 aliphatic carbocycles. The van der Waals surface area contributed by atoms with Gasteiger partial charge < -0.3 is 10.1 Å². The molecule has 0 saturated heterocycles. The molecule has 0 bridgehead atoms. The van der Waals surface area contributed by atoms with E-state index >= 15 is 0 Å². The van der Waals surface area contributed by atoms with E-state index in [2.05, 4.69) is 20.4 Å². The molecule has 1 fully saturated rings. The Kier molecular flexibility index (Phi) is 4.78. The van der Waals surface area contributed by atoms with Gasteiger partial charge in [0.2, 0.25) is 0 Å². The van der Waals surface area contributed by atoms with Crippen molar-refractivity contribution in [3.8, 4) is 5.82 Å². The van der Waals surface area contributed by atoms with Crippen molar-refractivity contribution in [2.24, 2.45) is 0 Å². The fraction of sp³-hybridized carbons (Fsp3) is 0.533. The minimum Gasteiger partial charge on any atom is -0.378 e. The Morgan fingerprint density at radius 3 is 3.00 bits per heavy atom. The van der Waals surface area contributed by atoms with Crippen LogP contribution in [0, 0.1) is 0 Å². The van der Waals surface area contributed by atoms with Crippen LogP contribution in [0.5, 0.6) is 0 Å². The SMILES string of the molecule is c1cnn(-c2cc(NCCCOC3CCCC3)ncn2)c1. The summed E-state index contributed by atoms with van der Waals surface area (Å²) in [6.07, 6.45) is 11.7. The summed E-state index contributed by atoms with van der Waals surface area (Å²) in [5, 5.41) is 7.46. The zero-order chi connectivity index (χ0) is 14.3. The first-order chi connectivity index (χ1) is 10.4. The summed E-state index contributed by atoms with van der Waals surface area (Å²) < 4.78 is 7.55. The molecule has 112 valence electrons. The zero-order valence-corrected chi connectivity index (χ0v) is 12.1. The highest BCUT2D eigenvalue weighted by molar-refractivity contribution is 5.39. The molecule has 6 nitrogen and oxygen atoms in total. The van der Waals surface area contributed by atoms with Gasteiger partial charge in [0, 0.05) is 31.6 Å². The largest absolute Gasteiger partial charge is 0.378 e. The van der Waals surface area contributed by atoms with Gasteiger partial charge >= 0.3 is 0 Å². The van der Waals surface area contributed by atoms with Crippen molar-refractivity contribution in [2.45, 2.75) is 38.2 Å². The van der Waals surface area contributed by atoms with Crippen LogP contribution in [0.3, 0.4) is 0 Å². The Hall–Kier alpha value is -1.95. The van der Waals surface area contributed by atoms with Crippen LogP contribution in [0.4, 0.5) is 5.82 Å². The van der Waals surface area contributed by atoms with Crippen LogP contribution in [-0.4, -0.2) is 39.0 Å². The summed E-state index contributed by atoms with van der Waals surface area (Å²) in [4.78, 5) is 8.42. The molecule has 0 aromatic carbocycles. The highest BCUT2D eigenvalue weighted by Gasteiger charge is 2.14. The topological polar surface area (TPSA) is 64.9 Å². The van der Waals surface area contributed by atoms with Crippen molar-refractivity contribution in [1.82, 2.24) is 19.7 Å². The molecule has 0 unspecified atom stereocenters. The summed E-state index contributed by atoms with van der Waals surface area (Å²) in [5.41, 5.74) is 0. The molecule has 0 radical (unpaired) electrons. The summed E-state index contributed by atoms with van der Waals surface area (Å²) in [6.45, 7) is 1.66. The third kappa shape index (κ3) is 4.01. The van der Waals surface area contributed by atoms with E-state index in [1.165, 1.54) is 25.7 Å². The van der Waals surface area contributed by atoms with E-state index in [0.29, 0.717) is 6.10 Å². The number of hydrogen-bond donors (Lipinski definition) is 1. The van der Waals surface area contributed by atoms with Crippen LogP contribution in [0.25, 0.3) is 5.82 Å². The average Bonchev–Trinajstić information content (AvgIpc) is 3.21. The molecule has 21 heavy (non-hydrogen) atoms. The number of nitrogens with zero attached hydrogens (tertiary/aromatic N) is 4. The van der Waals surface area contributed by atoms with Gasteiger partial charge in [0.1, 0.15) is 12.1 Å². The molecule has 0 amide bonds. The fourth-order valence-corrected chi connectivity index (χ4v) is 2.57. The van der Waals surface area contributed by atoms with Crippen molar-refractivity contribution in [3.05, 3.63) is 30.9 Å². The van der Waals surface area contributed by atoms with Crippen LogP contribution in [0.15, 0.2) is 30.9 Å². The molecule has 2 aromatic heterocycles. The van der Waals surface area contributed by atoms with Crippen molar-refractivity contribution in [3.63, 3.8) is 0 Å². The van der Waals surface area contributed by atoms with Gasteiger partial charge in [-0.25, -0.2) is 14.6 Å². The molecule has 2 heterocycles. The van der Waals surface area contributed by atoms with Crippen LogP contribution in [0.2, 0.25) is 0 Å². The van der Waals surface area contributed by atoms with Crippen molar-refractivity contribution < 1.29 is 4.74 Å². The van der Waals surface area contributed by atoms with E-state index in [9.17, 15) is 0 Å². The predicted octanol–water partition coefficient (Wildman–Crippen LogP) is 2.42. The minimum atomic E-state index is 0.496. The summed E-state index contributed by atoms with van der Waals surface area (Å²) in [5.74, 6) is 1.58. The monoisotopic (exact) mass is 287 g/mol. The summed E-state index contributed by atoms with van der Waals surface area (Å²) in [6, 6.07) is 3.76. The highest BCUT2D eigenvalue weighted by atomic mass is 16.5. The third-order valence-electron chi connectivity index (χ3n) is 3.67. The number of anilines is 1. The molecule has 0 spiro atoms. The normalized spacial score (nSPS) is 15.4. The van der Waals surface area contributed by atoms with Gasteiger partial charge in [0.15, 0.2) is 5.82 Å². The number of hydrogen-bond acceptors (Lipinski definition) is 5. The molecule has 0 atom stereocenters. The minimum absolute atomic E-state index is 0.496. The maximum absolute atomic E-state index is 5.84. The molecule has 1 N–H and O–H groups in total. The maximum Gasteiger partial charge on any atom is 0.158 e. The van der Waals surface area contributed by atoms with Gasteiger partial charge in [-0.2, -0.15) is 5.10 Å². The first-order valence-electron chi connectivity index (χ1n) is 7.59. The van der Waals surface area contributed by atoms with E-state index in [0.717, 1.165) is 31.2 Å². The molecule has 0 aliphatic heterocycles. The standard InChI is InChI=1S/C15H21N5O/c1-2-6-13(5-1)21-10-4-7-16-14-11-15(18-12-17-14)20-9-3-8-19-20/h3,8-9,11-13H,1-2,4-7,10H2,(H,16,17,18). The van der Waals surface area contributed by atoms with E-state index in [1.54, 1.807) is 17.2 Å². The second-order valence-corrected chi connectivity index (χ2v) is 5.27. The second kappa shape index (κ2) is 7.17. The first kappa shape index (κ1) is 14.0. The Bertz CT molecular complexity index is 537. The van der Waals surface area contributed by atoms with Gasteiger partial charge in [-0.15, -0.1) is 0 Å². The second-order valence-electron chi connectivity index (χ2n) is 5.27. The molecular weight excluding hydrogens is 266 g/mol. The lowest BCUT2D eigenvalue weighted by atomic mass is 10.3. The summed E-state index contributed by atoms with van der Waals surface area (Å²) >= 11 is 0. The van der Waals surface area contributed by atoms with E-state index in [4.69, 9.17) is 4.74 Å². The van der Waals surface area contributed by atoms with Gasteiger partial charge in [-0.3, -0.25) is 0 Å². The molecule has 6 heteroatoms. The third-order valence-corrected chi connectivity index (χ3v) is 3.67. The maximum atomic E-state index is 5.84. The quantitative estimate of drug-likeness (QED) is 0.792. The van der Waals surface area contributed by atoms with Crippen LogP contribution < -0.4 is 5.32 Å². The fourth-order valence-electron chi connectivity index (χ4n) is 2.57. The van der Waals surface area contributed by atoms with Gasteiger partial charge in [-0.05, 0) is 25.3 Å². The van der Waals surface area contributed by atoms with Crippen LogP contribution in [0.1, 0.15) is 32.1 Å². The first-order valence-corrected chi connectivity index (χ1v) is 7.59. The molecule has 1 saturated carbocycles. The zero-order valence-electron chi connectivity index (χ0n) is 12.1. The predicted molar refractivity (Wildman–Crippen MR) is 80.5 cm³/mol. The highest BCUT2D eigenvalue weighted by Crippen LogP contribution is 2.20. The lowest BCUT2D eigenvalue weighted by Crippen LogP contribution is -2.12. The Morgan fingerprint density at radius 2 is 2.19 bits per heavy atom. The van der Waals surface area contributed by atoms with Crippen molar-refractivity contribution in [1.29, 1.82) is 0 Å². The lowest BCUT2D eigenvalue weighted by molar-refractivity contribution is 0.0583. The van der Waals surface area contributed by atoms with E-state index in [1.807, 2.05) is 18.3 Å². The van der Waals surface area contributed by atoms with Crippen LogP contribution >= 0.6 is 0 Å². The van der Waals surface area contributed by atoms with Gasteiger partial charge in [-0.1, -0.05) is 12.8 Å². The molecule has 1 aliphatic rings. The van der Waals surface area contributed by atoms with Gasteiger partial charge in [0.25, 0.3) is 0 Å². The van der Waals surface area contributed by atoms with Gasteiger partial charge in [0.05, 0.1) is 6.10 Å². The van der Waals surface area contributed by atoms with Crippen molar-refractivity contribution in [2.75, 3.05) is 18.5 Å². The van der Waals surface area contributed by atoms with E-state index in [-0.39, 0.29) is 0 Å². The molecule has 3 rings (SSSR count). The number of ether oxygens (including phenoxy) is 1. The number of rotatable bonds is 7. The Morgan fingerprint density at radius 1 is 1.29 bits per heavy atom. The van der Waals surface area contributed by atoms with Crippen LogP contribution in [-0.2, 0) is 4.74 Å². The van der Waals surface area contributed by atoms with E-state index < -0.39 is 0 Å². The summed E-state index contributed by atoms with van der Waals surface area (Å²) in [7, 11) is 0. The lowest BCUT2D eigenvalue weighted by Gasteiger charge is -2.11. The number of aromatic nitrogens is 4. The molecule has 2 aromatic rings.